The highest BCUT2D eigenvalue weighted by Crippen LogP contribution is 2.26. The molecular formula is C12H17ClN2O3S. The van der Waals surface area contributed by atoms with Gasteiger partial charge in [0.2, 0.25) is 15.9 Å². The molecule has 106 valence electrons. The van der Waals surface area contributed by atoms with Crippen molar-refractivity contribution in [3.05, 3.63) is 23.2 Å². The van der Waals surface area contributed by atoms with E-state index in [-0.39, 0.29) is 15.8 Å². The molecule has 0 aliphatic heterocycles. The lowest BCUT2D eigenvalue weighted by molar-refractivity contribution is -0.114. The van der Waals surface area contributed by atoms with Crippen LogP contribution in [0.3, 0.4) is 0 Å². The molecule has 1 rings (SSSR count). The second kappa shape index (κ2) is 6.36. The highest BCUT2D eigenvalue weighted by molar-refractivity contribution is 7.89. The second-order valence-electron chi connectivity index (χ2n) is 3.91. The zero-order chi connectivity index (χ0) is 14.6. The minimum Gasteiger partial charge on any atom is -0.325 e. The number of hydrogen-bond acceptors (Lipinski definition) is 3. The molecule has 5 nitrogen and oxygen atoms in total. The molecule has 1 aromatic carbocycles. The van der Waals surface area contributed by atoms with E-state index >= 15 is 0 Å². The van der Waals surface area contributed by atoms with E-state index in [1.54, 1.807) is 13.8 Å². The van der Waals surface area contributed by atoms with Gasteiger partial charge in [-0.1, -0.05) is 25.4 Å². The van der Waals surface area contributed by atoms with Gasteiger partial charge in [0.25, 0.3) is 0 Å². The number of benzene rings is 1. The molecule has 19 heavy (non-hydrogen) atoms. The number of hydrogen-bond donors (Lipinski definition) is 1. The predicted molar refractivity (Wildman–Crippen MR) is 75.9 cm³/mol. The Morgan fingerprint density at radius 1 is 1.32 bits per heavy atom. The number of nitrogens with zero attached hydrogens (tertiary/aromatic N) is 1. The molecule has 0 aliphatic rings. The Labute approximate surface area is 118 Å². The van der Waals surface area contributed by atoms with Gasteiger partial charge in [0.15, 0.2) is 0 Å². The molecule has 1 aromatic rings. The summed E-state index contributed by atoms with van der Waals surface area (Å²) in [5.41, 5.74) is 0.396. The van der Waals surface area contributed by atoms with Gasteiger partial charge < -0.3 is 5.32 Å². The van der Waals surface area contributed by atoms with Crippen LogP contribution in [-0.2, 0) is 14.8 Å². The van der Waals surface area contributed by atoms with E-state index in [1.807, 2.05) is 0 Å². The molecule has 1 N–H and O–H groups in total. The number of halogens is 1. The number of anilines is 1. The monoisotopic (exact) mass is 304 g/mol. The standard InChI is InChI=1S/C12H17ClN2O3S/c1-4-15(5-2)19(17,18)10-6-7-12(11(13)8-10)14-9(3)16/h6-8H,4-5H2,1-3H3,(H,14,16). The van der Waals surface area contributed by atoms with E-state index in [4.69, 9.17) is 11.6 Å². The third-order valence-electron chi connectivity index (χ3n) is 2.59. The number of amides is 1. The average Bonchev–Trinajstić information content (AvgIpc) is 2.32. The zero-order valence-corrected chi connectivity index (χ0v) is 12.7. The summed E-state index contributed by atoms with van der Waals surface area (Å²) in [6, 6.07) is 4.27. The highest BCUT2D eigenvalue weighted by Gasteiger charge is 2.22. The number of sulfonamides is 1. The maximum absolute atomic E-state index is 12.3. The van der Waals surface area contributed by atoms with Gasteiger partial charge in [0.1, 0.15) is 0 Å². The predicted octanol–water partition coefficient (Wildman–Crippen LogP) is 2.33. The van der Waals surface area contributed by atoms with Crippen LogP contribution < -0.4 is 5.32 Å². The molecule has 0 heterocycles. The second-order valence-corrected chi connectivity index (χ2v) is 6.26. The van der Waals surface area contributed by atoms with Crippen molar-refractivity contribution in [2.45, 2.75) is 25.7 Å². The van der Waals surface area contributed by atoms with Gasteiger partial charge in [-0.3, -0.25) is 4.79 Å². The average molecular weight is 305 g/mol. The molecule has 0 aromatic heterocycles. The molecule has 0 unspecified atom stereocenters. The number of nitrogens with one attached hydrogen (secondary N) is 1. The Morgan fingerprint density at radius 2 is 1.89 bits per heavy atom. The van der Waals surface area contributed by atoms with Crippen molar-refractivity contribution < 1.29 is 13.2 Å². The molecule has 0 radical (unpaired) electrons. The minimum atomic E-state index is -3.53. The van der Waals surface area contributed by atoms with Crippen LogP contribution in [0.5, 0.6) is 0 Å². The first-order valence-electron chi connectivity index (χ1n) is 5.90. The Morgan fingerprint density at radius 3 is 2.32 bits per heavy atom. The van der Waals surface area contributed by atoms with E-state index in [2.05, 4.69) is 5.32 Å². The zero-order valence-electron chi connectivity index (χ0n) is 11.1. The van der Waals surface area contributed by atoms with Crippen LogP contribution in [0.4, 0.5) is 5.69 Å². The van der Waals surface area contributed by atoms with Crippen molar-refractivity contribution in [2.75, 3.05) is 18.4 Å². The molecular weight excluding hydrogens is 288 g/mol. The molecule has 0 atom stereocenters. The molecule has 0 saturated heterocycles. The number of rotatable bonds is 5. The normalized spacial score (nSPS) is 11.6. The molecule has 0 fully saturated rings. The van der Waals surface area contributed by atoms with Crippen molar-refractivity contribution in [2.24, 2.45) is 0 Å². The Kier molecular flexibility index (Phi) is 5.34. The van der Waals surface area contributed by atoms with Gasteiger partial charge >= 0.3 is 0 Å². The third-order valence-corrected chi connectivity index (χ3v) is 4.95. The fraction of sp³-hybridized carbons (Fsp3) is 0.417. The summed E-state index contributed by atoms with van der Waals surface area (Å²) in [7, 11) is -3.53. The van der Waals surface area contributed by atoms with Crippen LogP contribution in [0.2, 0.25) is 5.02 Å². The summed E-state index contributed by atoms with van der Waals surface area (Å²) in [5.74, 6) is -0.263. The first-order chi connectivity index (χ1) is 8.82. The highest BCUT2D eigenvalue weighted by atomic mass is 35.5. The van der Waals surface area contributed by atoms with Crippen molar-refractivity contribution in [1.82, 2.24) is 4.31 Å². The molecule has 0 spiro atoms. The maximum atomic E-state index is 12.3. The molecule has 7 heteroatoms. The quantitative estimate of drug-likeness (QED) is 0.908. The van der Waals surface area contributed by atoms with Crippen molar-refractivity contribution in [3.63, 3.8) is 0 Å². The summed E-state index contributed by atoms with van der Waals surface area (Å²) in [5, 5.41) is 2.73. The molecule has 0 bridgehead atoms. The largest absolute Gasteiger partial charge is 0.325 e. The van der Waals surface area contributed by atoms with E-state index in [0.29, 0.717) is 18.8 Å². The molecule has 0 saturated carbocycles. The lowest BCUT2D eigenvalue weighted by Gasteiger charge is -2.19. The smallest absolute Gasteiger partial charge is 0.243 e. The van der Waals surface area contributed by atoms with E-state index in [0.717, 1.165) is 0 Å². The summed E-state index contributed by atoms with van der Waals surface area (Å²) in [4.78, 5) is 11.1. The Hall–Kier alpha value is -1.11. The lowest BCUT2D eigenvalue weighted by Crippen LogP contribution is -2.30. The van der Waals surface area contributed by atoms with Gasteiger partial charge in [-0.05, 0) is 18.2 Å². The summed E-state index contributed by atoms with van der Waals surface area (Å²) >= 11 is 5.97. The fourth-order valence-corrected chi connectivity index (χ4v) is 3.44. The van der Waals surface area contributed by atoms with E-state index in [9.17, 15) is 13.2 Å². The van der Waals surface area contributed by atoms with Gasteiger partial charge in [-0.25, -0.2) is 8.42 Å². The lowest BCUT2D eigenvalue weighted by atomic mass is 10.3. The topological polar surface area (TPSA) is 66.5 Å². The Bertz CT molecular complexity index is 568. The first kappa shape index (κ1) is 15.9. The van der Waals surface area contributed by atoms with Gasteiger partial charge in [-0.2, -0.15) is 4.31 Å². The minimum absolute atomic E-state index is 0.121. The van der Waals surface area contributed by atoms with Crippen molar-refractivity contribution in [3.8, 4) is 0 Å². The SMILES string of the molecule is CCN(CC)S(=O)(=O)c1ccc(NC(C)=O)c(Cl)c1. The number of carbonyl (C=O) groups excluding carboxylic acids is 1. The van der Waals surface area contributed by atoms with Crippen molar-refractivity contribution in [1.29, 1.82) is 0 Å². The third kappa shape index (κ3) is 3.68. The first-order valence-corrected chi connectivity index (χ1v) is 7.72. The van der Waals surface area contributed by atoms with Gasteiger partial charge in [-0.15, -0.1) is 0 Å². The van der Waals surface area contributed by atoms with Crippen LogP contribution in [0, 0.1) is 0 Å². The summed E-state index contributed by atoms with van der Waals surface area (Å²) in [6.45, 7) is 5.69. The summed E-state index contributed by atoms with van der Waals surface area (Å²) < 4.78 is 25.9. The maximum Gasteiger partial charge on any atom is 0.243 e. The van der Waals surface area contributed by atoms with Crippen LogP contribution in [0.15, 0.2) is 23.1 Å². The van der Waals surface area contributed by atoms with Crippen LogP contribution >= 0.6 is 11.6 Å². The van der Waals surface area contributed by atoms with E-state index < -0.39 is 10.0 Å². The molecule has 1 amide bonds. The number of carbonyl (C=O) groups is 1. The van der Waals surface area contributed by atoms with E-state index in [1.165, 1.54) is 29.4 Å². The van der Waals surface area contributed by atoms with Crippen LogP contribution in [0.25, 0.3) is 0 Å². The Balaban J connectivity index is 3.17. The van der Waals surface area contributed by atoms with Crippen LogP contribution in [-0.4, -0.2) is 31.7 Å². The van der Waals surface area contributed by atoms with Gasteiger partial charge in [0.05, 0.1) is 15.6 Å². The van der Waals surface area contributed by atoms with Crippen molar-refractivity contribution >= 4 is 33.2 Å². The van der Waals surface area contributed by atoms with Crippen LogP contribution in [0.1, 0.15) is 20.8 Å². The summed E-state index contributed by atoms with van der Waals surface area (Å²) in [6.07, 6.45) is 0. The van der Waals surface area contributed by atoms with Gasteiger partial charge in [0, 0.05) is 20.0 Å². The molecule has 0 aliphatic carbocycles. The fourth-order valence-electron chi connectivity index (χ4n) is 1.66.